The highest BCUT2D eigenvalue weighted by molar-refractivity contribution is 5.67. The van der Waals surface area contributed by atoms with Crippen molar-refractivity contribution >= 4 is 6.09 Å². The number of alkyl carbamates (subject to hydrolysis) is 1. The van der Waals surface area contributed by atoms with Crippen molar-refractivity contribution in [2.24, 2.45) is 0 Å². The van der Waals surface area contributed by atoms with Gasteiger partial charge in [-0.3, -0.25) is 5.32 Å². The topological polar surface area (TPSA) is 128 Å². The number of hydrogen-bond donors (Lipinski definition) is 5. The van der Waals surface area contributed by atoms with Crippen LogP contribution in [0.4, 0.5) is 4.79 Å². The summed E-state index contributed by atoms with van der Waals surface area (Å²) in [4.78, 5) is 10.9. The Morgan fingerprint density at radius 1 is 1.31 bits per heavy atom. The fourth-order valence-electron chi connectivity index (χ4n) is 1.40. The van der Waals surface area contributed by atoms with Gasteiger partial charge in [0.25, 0.3) is 0 Å². The van der Waals surface area contributed by atoms with Crippen LogP contribution in [-0.4, -0.2) is 70.9 Å². The molecule has 1 aliphatic heterocycles. The van der Waals surface area contributed by atoms with Crippen LogP contribution in [-0.2, 0) is 9.47 Å². The lowest BCUT2D eigenvalue weighted by molar-refractivity contribution is -0.234. The van der Waals surface area contributed by atoms with Crippen LogP contribution >= 0.6 is 0 Å². The van der Waals surface area contributed by atoms with Crippen LogP contribution < -0.4 is 5.32 Å². The van der Waals surface area contributed by atoms with Gasteiger partial charge in [0, 0.05) is 0 Å². The van der Waals surface area contributed by atoms with Crippen molar-refractivity contribution in [2.45, 2.75) is 30.6 Å². The molecule has 1 amide bonds. The zero-order chi connectivity index (χ0) is 12.3. The molecular weight excluding hydrogens is 222 g/mol. The van der Waals surface area contributed by atoms with Crippen molar-refractivity contribution in [3.05, 3.63) is 0 Å². The first-order valence-corrected chi connectivity index (χ1v) is 4.66. The molecule has 1 rings (SSSR count). The third-order valence-corrected chi connectivity index (χ3v) is 2.34. The third-order valence-electron chi connectivity index (χ3n) is 2.34. The van der Waals surface area contributed by atoms with E-state index in [1.807, 2.05) is 0 Å². The summed E-state index contributed by atoms with van der Waals surface area (Å²) in [6.07, 6.45) is -7.63. The number of ether oxygens (including phenoxy) is 2. The van der Waals surface area contributed by atoms with Crippen LogP contribution in [0.2, 0.25) is 0 Å². The maximum Gasteiger partial charge on any atom is 0.408 e. The van der Waals surface area contributed by atoms with E-state index >= 15 is 0 Å². The summed E-state index contributed by atoms with van der Waals surface area (Å²) in [5.74, 6) is 0. The predicted octanol–water partition coefficient (Wildman–Crippen LogP) is -2.86. The molecule has 0 aliphatic carbocycles. The summed E-state index contributed by atoms with van der Waals surface area (Å²) in [6.45, 7) is -0.551. The van der Waals surface area contributed by atoms with Crippen molar-refractivity contribution in [1.29, 1.82) is 0 Å². The van der Waals surface area contributed by atoms with Crippen LogP contribution in [0.5, 0.6) is 0 Å². The largest absolute Gasteiger partial charge is 0.453 e. The minimum atomic E-state index is -1.52. The Kier molecular flexibility index (Phi) is 4.44. The van der Waals surface area contributed by atoms with Gasteiger partial charge in [0.15, 0.2) is 6.23 Å². The first-order chi connectivity index (χ1) is 7.51. The van der Waals surface area contributed by atoms with Crippen LogP contribution in [0.25, 0.3) is 0 Å². The number of rotatable bonds is 2. The number of aliphatic hydroxyl groups is 4. The monoisotopic (exact) mass is 237 g/mol. The Balaban J connectivity index is 2.67. The number of carbonyl (C=O) groups excluding carboxylic acids is 1. The van der Waals surface area contributed by atoms with E-state index in [-0.39, 0.29) is 0 Å². The maximum atomic E-state index is 10.9. The molecule has 8 heteroatoms. The minimum Gasteiger partial charge on any atom is -0.453 e. The quantitative estimate of drug-likeness (QED) is 0.349. The van der Waals surface area contributed by atoms with Gasteiger partial charge in [0.05, 0.1) is 13.7 Å². The first-order valence-electron chi connectivity index (χ1n) is 4.66. The van der Waals surface area contributed by atoms with Gasteiger partial charge in [0.1, 0.15) is 24.4 Å². The number of hydrogen-bond acceptors (Lipinski definition) is 7. The summed E-state index contributed by atoms with van der Waals surface area (Å²) < 4.78 is 9.27. The highest BCUT2D eigenvalue weighted by Gasteiger charge is 2.44. The van der Waals surface area contributed by atoms with E-state index in [0.29, 0.717) is 0 Å². The van der Waals surface area contributed by atoms with Gasteiger partial charge < -0.3 is 29.9 Å². The van der Waals surface area contributed by atoms with E-state index in [4.69, 9.17) is 9.84 Å². The molecular formula is C8H15NO7. The molecule has 0 spiro atoms. The van der Waals surface area contributed by atoms with Gasteiger partial charge in [-0.1, -0.05) is 0 Å². The molecule has 1 fully saturated rings. The zero-order valence-electron chi connectivity index (χ0n) is 8.61. The Labute approximate surface area is 91.4 Å². The molecule has 94 valence electrons. The van der Waals surface area contributed by atoms with Crippen molar-refractivity contribution in [3.63, 3.8) is 0 Å². The smallest absolute Gasteiger partial charge is 0.408 e. The second kappa shape index (κ2) is 5.41. The van der Waals surface area contributed by atoms with E-state index in [0.717, 1.165) is 7.11 Å². The minimum absolute atomic E-state index is 0.551. The van der Waals surface area contributed by atoms with E-state index in [2.05, 4.69) is 10.1 Å². The predicted molar refractivity (Wildman–Crippen MR) is 49.3 cm³/mol. The fourth-order valence-corrected chi connectivity index (χ4v) is 1.40. The molecule has 0 radical (unpaired) electrons. The van der Waals surface area contributed by atoms with Gasteiger partial charge in [-0.25, -0.2) is 4.79 Å². The van der Waals surface area contributed by atoms with E-state index in [1.165, 1.54) is 0 Å². The van der Waals surface area contributed by atoms with Crippen molar-refractivity contribution in [3.8, 4) is 0 Å². The normalized spacial score (nSPS) is 39.2. The van der Waals surface area contributed by atoms with Crippen molar-refractivity contribution in [1.82, 2.24) is 5.32 Å². The van der Waals surface area contributed by atoms with E-state index < -0.39 is 43.3 Å². The lowest BCUT2D eigenvalue weighted by Crippen LogP contribution is -2.63. The fraction of sp³-hybridized carbons (Fsp3) is 0.875. The molecule has 0 saturated carbocycles. The van der Waals surface area contributed by atoms with Crippen LogP contribution in [0.15, 0.2) is 0 Å². The molecule has 1 heterocycles. The summed E-state index contributed by atoms with van der Waals surface area (Å²) in [7, 11) is 1.12. The van der Waals surface area contributed by atoms with Crippen molar-refractivity contribution < 1.29 is 34.7 Å². The Hall–Kier alpha value is -0.930. The molecule has 1 saturated heterocycles. The Morgan fingerprint density at radius 3 is 2.44 bits per heavy atom. The molecule has 1 aliphatic rings. The van der Waals surface area contributed by atoms with Gasteiger partial charge in [0.2, 0.25) is 0 Å². The summed E-state index contributed by atoms with van der Waals surface area (Å²) in [5, 5.41) is 39.2. The molecule has 8 nitrogen and oxygen atoms in total. The molecule has 0 unspecified atom stereocenters. The molecule has 5 N–H and O–H groups in total. The van der Waals surface area contributed by atoms with Crippen LogP contribution in [0, 0.1) is 0 Å². The van der Waals surface area contributed by atoms with Gasteiger partial charge in [-0.15, -0.1) is 0 Å². The average molecular weight is 237 g/mol. The molecule has 0 aromatic heterocycles. The van der Waals surface area contributed by atoms with E-state index in [1.54, 1.807) is 0 Å². The lowest BCUT2D eigenvalue weighted by Gasteiger charge is -2.39. The molecule has 0 aromatic rings. The molecule has 0 bridgehead atoms. The highest BCUT2D eigenvalue weighted by Crippen LogP contribution is 2.19. The number of carbonyl (C=O) groups is 1. The second-order valence-electron chi connectivity index (χ2n) is 3.39. The second-order valence-corrected chi connectivity index (χ2v) is 3.39. The summed E-state index contributed by atoms with van der Waals surface area (Å²) in [5.41, 5.74) is 0. The first kappa shape index (κ1) is 13.1. The number of methoxy groups -OCH3 is 1. The zero-order valence-corrected chi connectivity index (χ0v) is 8.61. The number of amides is 1. The number of aliphatic hydroxyl groups excluding tert-OH is 4. The maximum absolute atomic E-state index is 10.9. The van der Waals surface area contributed by atoms with Gasteiger partial charge in [-0.2, -0.15) is 0 Å². The van der Waals surface area contributed by atoms with E-state index in [9.17, 15) is 20.1 Å². The average Bonchev–Trinajstić information content (AvgIpc) is 2.29. The molecule has 5 atom stereocenters. The number of nitrogens with one attached hydrogen (secondary N) is 1. The van der Waals surface area contributed by atoms with Crippen LogP contribution in [0.3, 0.4) is 0 Å². The van der Waals surface area contributed by atoms with Crippen molar-refractivity contribution in [2.75, 3.05) is 13.7 Å². The molecule has 0 aromatic carbocycles. The van der Waals surface area contributed by atoms with Crippen LogP contribution in [0.1, 0.15) is 0 Å². The standard InChI is InChI=1S/C8H15NO7/c1-15-8(14)9-7-6(13)5(12)4(11)3(2-10)16-7/h3-7,10-13H,2H2,1H3,(H,9,14)/t3-,4-,5+,6-,7-/m0/s1. The lowest BCUT2D eigenvalue weighted by atomic mass is 9.98. The van der Waals surface area contributed by atoms with Gasteiger partial charge in [-0.05, 0) is 0 Å². The Bertz CT molecular complexity index is 247. The summed E-state index contributed by atoms with van der Waals surface area (Å²) >= 11 is 0. The Morgan fingerprint density at radius 2 is 1.94 bits per heavy atom. The summed E-state index contributed by atoms with van der Waals surface area (Å²) in [6, 6.07) is 0. The highest BCUT2D eigenvalue weighted by atomic mass is 16.6. The van der Waals surface area contributed by atoms with Gasteiger partial charge >= 0.3 is 6.09 Å². The third kappa shape index (κ3) is 2.60. The molecule has 16 heavy (non-hydrogen) atoms. The SMILES string of the molecule is COC(=O)N[C@H]1O[C@@H](CO)[C@H](O)[C@@H](O)[C@@H]1O.